The average Bonchev–Trinajstić information content (AvgIpc) is 3.58. The van der Waals surface area contributed by atoms with Crippen LogP contribution in [0.15, 0.2) is 85.2 Å². The summed E-state index contributed by atoms with van der Waals surface area (Å²) in [7, 11) is 1.38. The molecule has 5 rings (SSSR count). The number of para-hydroxylation sites is 1. The Morgan fingerprint density at radius 2 is 1.82 bits per heavy atom. The smallest absolute Gasteiger partial charge is 0.339 e. The van der Waals surface area contributed by atoms with Crippen molar-refractivity contribution in [2.45, 2.75) is 32.9 Å². The molecule has 1 fully saturated rings. The number of pyridine rings is 1. The third-order valence-electron chi connectivity index (χ3n) is 7.02. The normalized spacial score (nSPS) is 16.6. The number of thiocarbonyl (C=S) groups is 1. The maximum Gasteiger partial charge on any atom is 0.339 e. The molecule has 2 unspecified atom stereocenters. The monoisotopic (exact) mass is 553 g/mol. The van der Waals surface area contributed by atoms with Crippen LogP contribution in [-0.4, -0.2) is 33.6 Å². The number of aryl methyl sites for hydroxylation is 1. The molecule has 0 bridgehead atoms. The first-order valence-electron chi connectivity index (χ1n) is 13.1. The zero-order chi connectivity index (χ0) is 28.4. The Hall–Kier alpha value is -4.50. The molecule has 1 saturated heterocycles. The number of nitrogens with one attached hydrogen (secondary N) is 2. The van der Waals surface area contributed by atoms with Crippen LogP contribution in [-0.2, 0) is 9.53 Å². The minimum absolute atomic E-state index is 0.0376. The quantitative estimate of drug-likeness (QED) is 0.223. The van der Waals surface area contributed by atoms with Gasteiger partial charge in [-0.2, -0.15) is 0 Å². The van der Waals surface area contributed by atoms with E-state index in [1.165, 1.54) is 7.11 Å². The summed E-state index contributed by atoms with van der Waals surface area (Å²) in [5.74, 6) is -0.578. The van der Waals surface area contributed by atoms with Crippen LogP contribution in [0.25, 0.3) is 5.69 Å². The highest BCUT2D eigenvalue weighted by molar-refractivity contribution is 7.80. The van der Waals surface area contributed by atoms with Gasteiger partial charge < -0.3 is 24.8 Å². The molecule has 40 heavy (non-hydrogen) atoms. The number of anilines is 2. The Balaban J connectivity index is 1.63. The van der Waals surface area contributed by atoms with Gasteiger partial charge in [-0.3, -0.25) is 9.78 Å². The van der Waals surface area contributed by atoms with Crippen LogP contribution in [0.3, 0.4) is 0 Å². The summed E-state index contributed by atoms with van der Waals surface area (Å²) in [6.45, 7) is 5.69. The van der Waals surface area contributed by atoms with Crippen molar-refractivity contribution < 1.29 is 14.3 Å². The van der Waals surface area contributed by atoms with Crippen LogP contribution < -0.4 is 15.5 Å². The zero-order valence-electron chi connectivity index (χ0n) is 22.8. The van der Waals surface area contributed by atoms with E-state index in [4.69, 9.17) is 17.0 Å². The van der Waals surface area contributed by atoms with Gasteiger partial charge in [0.1, 0.15) is 6.04 Å². The van der Waals surface area contributed by atoms with Crippen molar-refractivity contribution in [3.63, 3.8) is 0 Å². The van der Waals surface area contributed by atoms with E-state index in [9.17, 15) is 9.59 Å². The number of hydrogen-bond acceptors (Lipinski definition) is 5. The van der Waals surface area contributed by atoms with E-state index in [1.807, 2.05) is 98.3 Å². The van der Waals surface area contributed by atoms with E-state index in [1.54, 1.807) is 12.3 Å². The Morgan fingerprint density at radius 3 is 2.52 bits per heavy atom. The highest BCUT2D eigenvalue weighted by Crippen LogP contribution is 2.43. The molecule has 0 aliphatic carbocycles. The number of carbonyl (C=O) groups is 2. The predicted octanol–water partition coefficient (Wildman–Crippen LogP) is 5.74. The van der Waals surface area contributed by atoms with Gasteiger partial charge in [0.05, 0.1) is 30.1 Å². The molecule has 204 valence electrons. The van der Waals surface area contributed by atoms with E-state index in [-0.39, 0.29) is 23.9 Å². The third-order valence-corrected chi connectivity index (χ3v) is 7.34. The van der Waals surface area contributed by atoms with Crippen LogP contribution >= 0.6 is 12.2 Å². The third kappa shape index (κ3) is 5.08. The minimum Gasteiger partial charge on any atom is -0.465 e. The number of rotatable bonds is 7. The fourth-order valence-corrected chi connectivity index (χ4v) is 5.32. The molecule has 2 aromatic heterocycles. The topological polar surface area (TPSA) is 88.5 Å². The fraction of sp³-hybridized carbons (Fsp3) is 0.226. The first kappa shape index (κ1) is 27.1. The first-order chi connectivity index (χ1) is 19.3. The van der Waals surface area contributed by atoms with Gasteiger partial charge >= 0.3 is 5.97 Å². The van der Waals surface area contributed by atoms with Crippen molar-refractivity contribution >= 4 is 40.6 Å². The van der Waals surface area contributed by atoms with Gasteiger partial charge in [0.15, 0.2) is 5.11 Å². The standard InChI is InChI=1S/C31H31N5O3S/c1-19(2)29(37)33-23-15-14-21(18-20(23)3)36-28(27(34-31(36)40)24-11-7-8-16-32-24)26-13-9-17-35(26)25-12-6-5-10-22(25)30(38)39-4/h5-19,27-28H,1-4H3,(H,33,37)(H,34,40). The van der Waals surface area contributed by atoms with Gasteiger partial charge in [0.25, 0.3) is 0 Å². The van der Waals surface area contributed by atoms with Crippen LogP contribution in [0.2, 0.25) is 0 Å². The minimum atomic E-state index is -0.414. The molecular weight excluding hydrogens is 522 g/mol. The summed E-state index contributed by atoms with van der Waals surface area (Å²) in [6.07, 6.45) is 3.70. The summed E-state index contributed by atoms with van der Waals surface area (Å²) < 4.78 is 7.07. The van der Waals surface area contributed by atoms with E-state index in [0.717, 1.165) is 28.3 Å². The summed E-state index contributed by atoms with van der Waals surface area (Å²) in [4.78, 5) is 31.7. The van der Waals surface area contributed by atoms with Crippen molar-refractivity contribution in [1.82, 2.24) is 14.9 Å². The molecular formula is C31H31N5O3S. The summed E-state index contributed by atoms with van der Waals surface area (Å²) in [6, 6.07) is 22.5. The van der Waals surface area contributed by atoms with Crippen LogP contribution in [0.5, 0.6) is 0 Å². The molecule has 2 N–H and O–H groups in total. The lowest BCUT2D eigenvalue weighted by atomic mass is 10.00. The lowest BCUT2D eigenvalue weighted by Gasteiger charge is -2.29. The number of esters is 1. The van der Waals surface area contributed by atoms with Crippen LogP contribution in [0.1, 0.15) is 53.2 Å². The molecule has 8 nitrogen and oxygen atoms in total. The molecule has 0 spiro atoms. The lowest BCUT2D eigenvalue weighted by Crippen LogP contribution is -2.30. The van der Waals surface area contributed by atoms with Crippen molar-refractivity contribution in [3.05, 3.63) is 108 Å². The highest BCUT2D eigenvalue weighted by Gasteiger charge is 2.42. The fourth-order valence-electron chi connectivity index (χ4n) is 4.97. The number of hydrogen-bond donors (Lipinski definition) is 2. The molecule has 1 aliphatic heterocycles. The summed E-state index contributed by atoms with van der Waals surface area (Å²) in [5, 5.41) is 7.04. The number of methoxy groups -OCH3 is 1. The van der Waals surface area contributed by atoms with Gasteiger partial charge in [0.2, 0.25) is 5.91 Å². The van der Waals surface area contributed by atoms with Gasteiger partial charge in [-0.25, -0.2) is 4.79 Å². The Labute approximate surface area is 239 Å². The highest BCUT2D eigenvalue weighted by atomic mass is 32.1. The van der Waals surface area contributed by atoms with Gasteiger partial charge in [0, 0.05) is 35.4 Å². The predicted molar refractivity (Wildman–Crippen MR) is 160 cm³/mol. The van der Waals surface area contributed by atoms with Crippen molar-refractivity contribution in [1.29, 1.82) is 0 Å². The number of ether oxygens (including phenoxy) is 1. The van der Waals surface area contributed by atoms with Gasteiger partial charge in [-0.15, -0.1) is 0 Å². The summed E-state index contributed by atoms with van der Waals surface area (Å²) >= 11 is 5.91. The zero-order valence-corrected chi connectivity index (χ0v) is 23.6. The lowest BCUT2D eigenvalue weighted by molar-refractivity contribution is -0.118. The van der Waals surface area contributed by atoms with E-state index >= 15 is 0 Å². The molecule has 4 aromatic rings. The Morgan fingerprint density at radius 1 is 1.05 bits per heavy atom. The van der Waals surface area contributed by atoms with Crippen LogP contribution in [0, 0.1) is 12.8 Å². The Kier molecular flexibility index (Phi) is 7.66. The number of amides is 1. The first-order valence-corrected chi connectivity index (χ1v) is 13.5. The molecule has 2 atom stereocenters. The maximum atomic E-state index is 12.7. The second-order valence-electron chi connectivity index (χ2n) is 9.95. The molecule has 2 aromatic carbocycles. The number of benzene rings is 2. The van der Waals surface area contributed by atoms with Crippen molar-refractivity contribution in [2.24, 2.45) is 5.92 Å². The molecule has 0 saturated carbocycles. The van der Waals surface area contributed by atoms with E-state index in [0.29, 0.717) is 16.4 Å². The van der Waals surface area contributed by atoms with E-state index in [2.05, 4.69) is 20.5 Å². The molecule has 9 heteroatoms. The maximum absolute atomic E-state index is 12.7. The number of aromatic nitrogens is 2. The largest absolute Gasteiger partial charge is 0.465 e. The second kappa shape index (κ2) is 11.3. The van der Waals surface area contributed by atoms with Crippen molar-refractivity contribution in [3.8, 4) is 5.69 Å². The second-order valence-corrected chi connectivity index (χ2v) is 10.3. The summed E-state index contributed by atoms with van der Waals surface area (Å²) in [5.41, 5.74) is 5.45. The number of nitrogens with zero attached hydrogens (tertiary/aromatic N) is 3. The van der Waals surface area contributed by atoms with Gasteiger partial charge in [-0.1, -0.05) is 32.0 Å². The molecule has 0 radical (unpaired) electrons. The molecule has 1 aliphatic rings. The Bertz CT molecular complexity index is 1570. The average molecular weight is 554 g/mol. The van der Waals surface area contributed by atoms with Gasteiger partial charge in [-0.05, 0) is 79.3 Å². The van der Waals surface area contributed by atoms with Crippen LogP contribution in [0.4, 0.5) is 11.4 Å². The number of carbonyl (C=O) groups excluding carboxylic acids is 2. The van der Waals surface area contributed by atoms with E-state index < -0.39 is 5.97 Å². The van der Waals surface area contributed by atoms with Crippen molar-refractivity contribution in [2.75, 3.05) is 17.3 Å². The SMILES string of the molecule is COC(=O)c1ccccc1-n1cccc1C1C(c2ccccn2)NC(=S)N1c1ccc(NC(=O)C(C)C)c(C)c1. The molecule has 3 heterocycles. The molecule has 1 amide bonds.